The van der Waals surface area contributed by atoms with Gasteiger partial charge in [-0.1, -0.05) is 60.2 Å². The molecular weight excluding hydrogens is 462 g/mol. The number of anilines is 1. The van der Waals surface area contributed by atoms with Crippen molar-refractivity contribution in [2.24, 2.45) is 0 Å². The average Bonchev–Trinajstić information content (AvgIpc) is 3.26. The van der Waals surface area contributed by atoms with Gasteiger partial charge in [0.25, 0.3) is 10.0 Å². The summed E-state index contributed by atoms with van der Waals surface area (Å²) >= 11 is 0. The lowest BCUT2D eigenvalue weighted by atomic mass is 10.1. The second-order valence-electron chi connectivity index (χ2n) is 8.68. The predicted octanol–water partition coefficient (Wildman–Crippen LogP) is 3.63. The highest BCUT2D eigenvalue weighted by molar-refractivity contribution is 7.92. The molecule has 0 bridgehead atoms. The second kappa shape index (κ2) is 10.7. The number of carbonyl (C=O) groups is 2. The fraction of sp³-hybridized carbons (Fsp3) is 0.259. The van der Waals surface area contributed by atoms with E-state index in [1.54, 1.807) is 30.3 Å². The Labute approximate surface area is 206 Å². The number of rotatable bonds is 9. The Hall–Kier alpha value is -3.65. The molecule has 1 N–H and O–H groups in total. The largest absolute Gasteiger partial charge is 0.350 e. The fourth-order valence-electron chi connectivity index (χ4n) is 4.06. The van der Waals surface area contributed by atoms with E-state index in [4.69, 9.17) is 0 Å². The zero-order valence-electron chi connectivity index (χ0n) is 19.7. The summed E-state index contributed by atoms with van der Waals surface area (Å²) in [5.74, 6) is -0.246. The molecule has 7 nitrogen and oxygen atoms in total. The summed E-state index contributed by atoms with van der Waals surface area (Å²) in [4.78, 5) is 26.8. The minimum absolute atomic E-state index is 0.123. The number of carbonyl (C=O) groups excluding carboxylic acids is 2. The van der Waals surface area contributed by atoms with Crippen molar-refractivity contribution in [3.8, 4) is 0 Å². The molecular formula is C27H29N3O4S. The summed E-state index contributed by atoms with van der Waals surface area (Å²) in [7, 11) is -3.94. The Kier molecular flexibility index (Phi) is 7.51. The van der Waals surface area contributed by atoms with Gasteiger partial charge in [-0.3, -0.25) is 13.9 Å². The van der Waals surface area contributed by atoms with Crippen LogP contribution >= 0.6 is 0 Å². The summed E-state index contributed by atoms with van der Waals surface area (Å²) in [5, 5.41) is 2.84. The molecule has 0 spiro atoms. The number of nitrogens with one attached hydrogen (secondary N) is 1. The van der Waals surface area contributed by atoms with Crippen molar-refractivity contribution in [1.82, 2.24) is 10.2 Å². The van der Waals surface area contributed by atoms with Gasteiger partial charge in [-0.05, 0) is 48.7 Å². The van der Waals surface area contributed by atoms with Crippen LogP contribution < -0.4 is 9.62 Å². The molecule has 182 valence electrons. The highest BCUT2D eigenvalue weighted by Gasteiger charge is 2.27. The standard InChI is InChI=1S/C27H29N3O4S/c1-21-12-14-24(15-13-21)30(35(33,34)25-9-3-2-4-10-25)20-26(31)28-18-22-7-5-8-23(17-22)19-29-16-6-11-27(29)32/h2-5,7-10,12-15,17H,6,11,16,18-20H2,1H3,(H,28,31). The number of hydrogen-bond acceptors (Lipinski definition) is 4. The molecule has 2 amide bonds. The van der Waals surface area contributed by atoms with Crippen molar-refractivity contribution in [3.05, 3.63) is 95.6 Å². The number of sulfonamides is 1. The molecule has 35 heavy (non-hydrogen) atoms. The van der Waals surface area contributed by atoms with Crippen molar-refractivity contribution in [2.45, 2.75) is 37.8 Å². The summed E-state index contributed by atoms with van der Waals surface area (Å²) in [6.07, 6.45) is 1.48. The van der Waals surface area contributed by atoms with Gasteiger partial charge in [-0.2, -0.15) is 0 Å². The van der Waals surface area contributed by atoms with Gasteiger partial charge in [0.15, 0.2) is 0 Å². The van der Waals surface area contributed by atoms with Crippen LogP contribution in [0.4, 0.5) is 5.69 Å². The third-order valence-corrected chi connectivity index (χ3v) is 7.75. The Morgan fingerprint density at radius 1 is 0.971 bits per heavy atom. The van der Waals surface area contributed by atoms with Crippen molar-refractivity contribution in [2.75, 3.05) is 17.4 Å². The SMILES string of the molecule is Cc1ccc(N(CC(=O)NCc2cccc(CN3CCCC3=O)c2)S(=O)(=O)c2ccccc2)cc1. The van der Waals surface area contributed by atoms with Gasteiger partial charge < -0.3 is 10.2 Å². The predicted molar refractivity (Wildman–Crippen MR) is 135 cm³/mol. The topological polar surface area (TPSA) is 86.8 Å². The van der Waals surface area contributed by atoms with Gasteiger partial charge >= 0.3 is 0 Å². The first-order chi connectivity index (χ1) is 16.8. The zero-order chi connectivity index (χ0) is 24.8. The number of hydrogen-bond donors (Lipinski definition) is 1. The Balaban J connectivity index is 1.46. The molecule has 1 fully saturated rings. The van der Waals surface area contributed by atoms with E-state index in [1.165, 1.54) is 12.1 Å². The zero-order valence-corrected chi connectivity index (χ0v) is 20.5. The van der Waals surface area contributed by atoms with Crippen LogP contribution in [0.15, 0.2) is 83.8 Å². The first-order valence-corrected chi connectivity index (χ1v) is 13.0. The normalized spacial score (nSPS) is 13.6. The molecule has 0 unspecified atom stereocenters. The van der Waals surface area contributed by atoms with E-state index in [9.17, 15) is 18.0 Å². The Bertz CT molecular complexity index is 1290. The van der Waals surface area contributed by atoms with Crippen LogP contribution in [0.3, 0.4) is 0 Å². The number of likely N-dealkylation sites (tertiary alicyclic amines) is 1. The van der Waals surface area contributed by atoms with Crippen LogP contribution in [0, 0.1) is 6.92 Å². The molecule has 3 aromatic carbocycles. The lowest BCUT2D eigenvalue weighted by Gasteiger charge is -2.24. The monoisotopic (exact) mass is 491 g/mol. The van der Waals surface area contributed by atoms with E-state index < -0.39 is 15.9 Å². The lowest BCUT2D eigenvalue weighted by molar-refractivity contribution is -0.128. The fourth-order valence-corrected chi connectivity index (χ4v) is 5.50. The summed E-state index contributed by atoms with van der Waals surface area (Å²) in [6, 6.07) is 22.8. The highest BCUT2D eigenvalue weighted by Crippen LogP contribution is 2.24. The van der Waals surface area contributed by atoms with E-state index in [-0.39, 0.29) is 23.9 Å². The van der Waals surface area contributed by atoms with Gasteiger partial charge in [-0.25, -0.2) is 8.42 Å². The van der Waals surface area contributed by atoms with Crippen molar-refractivity contribution in [1.29, 1.82) is 0 Å². The van der Waals surface area contributed by atoms with E-state index in [1.807, 2.05) is 48.2 Å². The van der Waals surface area contributed by atoms with Gasteiger partial charge in [0.05, 0.1) is 10.6 Å². The second-order valence-corrected chi connectivity index (χ2v) is 10.5. The van der Waals surface area contributed by atoms with Crippen LogP contribution in [0.1, 0.15) is 29.5 Å². The van der Waals surface area contributed by atoms with Crippen molar-refractivity contribution in [3.63, 3.8) is 0 Å². The van der Waals surface area contributed by atoms with Gasteiger partial charge in [0.1, 0.15) is 6.54 Å². The average molecular weight is 492 g/mol. The smallest absolute Gasteiger partial charge is 0.264 e. The van der Waals surface area contributed by atoms with Crippen LogP contribution in [0.2, 0.25) is 0 Å². The molecule has 1 saturated heterocycles. The van der Waals surface area contributed by atoms with Crippen LogP contribution in [0.25, 0.3) is 0 Å². The third-order valence-electron chi connectivity index (χ3n) is 5.97. The number of nitrogens with zero attached hydrogens (tertiary/aromatic N) is 2. The van der Waals surface area contributed by atoms with Crippen molar-refractivity contribution >= 4 is 27.5 Å². The molecule has 8 heteroatoms. The van der Waals surface area contributed by atoms with Gasteiger partial charge in [-0.15, -0.1) is 0 Å². The Morgan fingerprint density at radius 3 is 2.37 bits per heavy atom. The molecule has 1 aliphatic heterocycles. The quantitative estimate of drug-likeness (QED) is 0.495. The highest BCUT2D eigenvalue weighted by atomic mass is 32.2. The van der Waals surface area contributed by atoms with Crippen LogP contribution in [0.5, 0.6) is 0 Å². The van der Waals surface area contributed by atoms with E-state index in [0.29, 0.717) is 18.7 Å². The molecule has 0 saturated carbocycles. The first-order valence-electron chi connectivity index (χ1n) is 11.6. The third kappa shape index (κ3) is 6.08. The van der Waals surface area contributed by atoms with Crippen molar-refractivity contribution < 1.29 is 18.0 Å². The molecule has 3 aromatic rings. The first kappa shape index (κ1) is 24.5. The van der Waals surface area contributed by atoms with E-state index in [0.717, 1.165) is 34.0 Å². The molecule has 0 aliphatic carbocycles. The molecule has 1 aliphatic rings. The summed E-state index contributed by atoms with van der Waals surface area (Å²) in [5.41, 5.74) is 3.30. The molecule has 0 radical (unpaired) electrons. The van der Waals surface area contributed by atoms with E-state index in [2.05, 4.69) is 5.32 Å². The lowest BCUT2D eigenvalue weighted by Crippen LogP contribution is -2.40. The van der Waals surface area contributed by atoms with E-state index >= 15 is 0 Å². The minimum atomic E-state index is -3.94. The maximum Gasteiger partial charge on any atom is 0.264 e. The number of aryl methyl sites for hydroxylation is 1. The molecule has 0 aromatic heterocycles. The molecule has 0 atom stereocenters. The summed E-state index contributed by atoms with van der Waals surface area (Å²) in [6.45, 7) is 3.15. The maximum absolute atomic E-state index is 13.4. The number of benzene rings is 3. The molecule has 1 heterocycles. The van der Waals surface area contributed by atoms with Crippen LogP contribution in [-0.2, 0) is 32.7 Å². The number of amides is 2. The van der Waals surface area contributed by atoms with Gasteiger partial charge in [0, 0.05) is 26.1 Å². The molecule has 4 rings (SSSR count). The van der Waals surface area contributed by atoms with Gasteiger partial charge in [0.2, 0.25) is 11.8 Å². The minimum Gasteiger partial charge on any atom is -0.350 e. The Morgan fingerprint density at radius 2 is 1.69 bits per heavy atom. The van der Waals surface area contributed by atoms with Crippen LogP contribution in [-0.4, -0.2) is 38.2 Å². The summed E-state index contributed by atoms with van der Waals surface area (Å²) < 4.78 is 27.9. The maximum atomic E-state index is 13.4.